The van der Waals surface area contributed by atoms with Gasteiger partial charge in [0.15, 0.2) is 5.78 Å². The predicted molar refractivity (Wildman–Crippen MR) is 77.3 cm³/mol. The van der Waals surface area contributed by atoms with Crippen molar-refractivity contribution in [1.82, 2.24) is 9.88 Å². The Morgan fingerprint density at radius 2 is 2.00 bits per heavy atom. The second kappa shape index (κ2) is 8.05. The first-order chi connectivity index (χ1) is 9.36. The molecule has 104 valence electrons. The van der Waals surface area contributed by atoms with Gasteiger partial charge in [-0.2, -0.15) is 0 Å². The molecule has 0 aliphatic carbocycles. The van der Waals surface area contributed by atoms with Crippen molar-refractivity contribution in [2.24, 2.45) is 0 Å². The van der Waals surface area contributed by atoms with Crippen LogP contribution in [0.15, 0.2) is 24.5 Å². The van der Waals surface area contributed by atoms with Crippen LogP contribution >= 0.6 is 0 Å². The van der Waals surface area contributed by atoms with Gasteiger partial charge < -0.3 is 4.90 Å². The SMILES string of the molecule is O=C(CCCCCN1CCCCC1)c1cccnc1. The number of Topliss-reactive ketones (excluding diaryl/α,β-unsaturated/α-hetero) is 1. The molecule has 19 heavy (non-hydrogen) atoms. The number of pyridine rings is 1. The molecule has 0 amide bonds. The highest BCUT2D eigenvalue weighted by atomic mass is 16.1. The molecular weight excluding hydrogens is 236 g/mol. The highest BCUT2D eigenvalue weighted by Crippen LogP contribution is 2.11. The number of rotatable bonds is 7. The van der Waals surface area contributed by atoms with Crippen molar-refractivity contribution >= 4 is 5.78 Å². The zero-order chi connectivity index (χ0) is 13.3. The van der Waals surface area contributed by atoms with Gasteiger partial charge in [0.25, 0.3) is 0 Å². The summed E-state index contributed by atoms with van der Waals surface area (Å²) < 4.78 is 0. The summed E-state index contributed by atoms with van der Waals surface area (Å²) in [5.41, 5.74) is 0.749. The van der Waals surface area contributed by atoms with E-state index in [1.165, 1.54) is 45.3 Å². The lowest BCUT2D eigenvalue weighted by atomic mass is 10.1. The van der Waals surface area contributed by atoms with Gasteiger partial charge in [-0.05, 0) is 57.5 Å². The van der Waals surface area contributed by atoms with Crippen molar-refractivity contribution in [1.29, 1.82) is 0 Å². The number of ketones is 1. The number of hydrogen-bond acceptors (Lipinski definition) is 3. The minimum absolute atomic E-state index is 0.228. The fourth-order valence-corrected chi connectivity index (χ4v) is 2.65. The maximum atomic E-state index is 11.9. The van der Waals surface area contributed by atoms with Crippen molar-refractivity contribution in [2.75, 3.05) is 19.6 Å². The first-order valence-corrected chi connectivity index (χ1v) is 7.52. The summed E-state index contributed by atoms with van der Waals surface area (Å²) in [4.78, 5) is 18.4. The third-order valence-corrected chi connectivity index (χ3v) is 3.81. The van der Waals surface area contributed by atoms with Crippen LogP contribution in [0.2, 0.25) is 0 Å². The number of hydrogen-bond donors (Lipinski definition) is 0. The molecule has 0 atom stereocenters. The molecule has 3 nitrogen and oxygen atoms in total. The fraction of sp³-hybridized carbons (Fsp3) is 0.625. The molecule has 3 heteroatoms. The van der Waals surface area contributed by atoms with E-state index in [4.69, 9.17) is 0 Å². The van der Waals surface area contributed by atoms with E-state index in [0.717, 1.165) is 18.4 Å². The molecule has 2 heterocycles. The van der Waals surface area contributed by atoms with Crippen LogP contribution in [0.1, 0.15) is 55.3 Å². The smallest absolute Gasteiger partial charge is 0.164 e. The van der Waals surface area contributed by atoms with E-state index >= 15 is 0 Å². The lowest BCUT2D eigenvalue weighted by Crippen LogP contribution is -2.30. The highest BCUT2D eigenvalue weighted by molar-refractivity contribution is 5.95. The molecule has 0 spiro atoms. The number of carbonyl (C=O) groups is 1. The van der Waals surface area contributed by atoms with E-state index in [9.17, 15) is 4.79 Å². The van der Waals surface area contributed by atoms with E-state index in [1.807, 2.05) is 12.1 Å². The van der Waals surface area contributed by atoms with Crippen LogP contribution in [0, 0.1) is 0 Å². The van der Waals surface area contributed by atoms with Crippen LogP contribution in [0.25, 0.3) is 0 Å². The Kier molecular flexibility index (Phi) is 6.02. The second-order valence-electron chi connectivity index (χ2n) is 5.38. The standard InChI is InChI=1S/C16H24N2O/c19-16(15-8-7-10-17-14-15)9-3-1-4-11-18-12-5-2-6-13-18/h7-8,10,14H,1-6,9,11-13H2. The van der Waals surface area contributed by atoms with Gasteiger partial charge in [0.2, 0.25) is 0 Å². The molecule has 1 fully saturated rings. The van der Waals surface area contributed by atoms with Crippen molar-refractivity contribution in [3.05, 3.63) is 30.1 Å². The quantitative estimate of drug-likeness (QED) is 0.557. The minimum atomic E-state index is 0.228. The molecule has 2 rings (SSSR count). The van der Waals surface area contributed by atoms with Gasteiger partial charge in [-0.1, -0.05) is 12.8 Å². The van der Waals surface area contributed by atoms with Crippen molar-refractivity contribution in [3.63, 3.8) is 0 Å². The van der Waals surface area contributed by atoms with Crippen molar-refractivity contribution in [3.8, 4) is 0 Å². The molecule has 0 N–H and O–H groups in total. The minimum Gasteiger partial charge on any atom is -0.303 e. The van der Waals surface area contributed by atoms with Crippen LogP contribution in [0.4, 0.5) is 0 Å². The lowest BCUT2D eigenvalue weighted by Gasteiger charge is -2.26. The fourth-order valence-electron chi connectivity index (χ4n) is 2.65. The van der Waals surface area contributed by atoms with Crippen LogP contribution < -0.4 is 0 Å². The first-order valence-electron chi connectivity index (χ1n) is 7.52. The Morgan fingerprint density at radius 3 is 2.74 bits per heavy atom. The Hall–Kier alpha value is -1.22. The van der Waals surface area contributed by atoms with Crippen LogP contribution in [0.3, 0.4) is 0 Å². The summed E-state index contributed by atoms with van der Waals surface area (Å²) in [7, 11) is 0. The van der Waals surface area contributed by atoms with E-state index in [-0.39, 0.29) is 5.78 Å². The van der Waals surface area contributed by atoms with E-state index in [2.05, 4.69) is 9.88 Å². The van der Waals surface area contributed by atoms with Gasteiger partial charge in [0.05, 0.1) is 0 Å². The van der Waals surface area contributed by atoms with Crippen LogP contribution in [-0.2, 0) is 0 Å². The van der Waals surface area contributed by atoms with Crippen LogP contribution in [-0.4, -0.2) is 35.3 Å². The molecule has 0 saturated carbocycles. The van der Waals surface area contributed by atoms with E-state index in [0.29, 0.717) is 6.42 Å². The molecule has 1 aliphatic heterocycles. The Labute approximate surface area is 116 Å². The number of likely N-dealkylation sites (tertiary alicyclic amines) is 1. The molecule has 0 radical (unpaired) electrons. The summed E-state index contributed by atoms with van der Waals surface area (Å²) in [6.45, 7) is 3.75. The molecule has 0 unspecified atom stereocenters. The summed E-state index contributed by atoms with van der Waals surface area (Å²) in [6, 6.07) is 3.67. The Bertz CT molecular complexity index is 372. The molecule has 1 aromatic heterocycles. The molecule has 1 aromatic rings. The van der Waals surface area contributed by atoms with Crippen LogP contribution in [0.5, 0.6) is 0 Å². The summed E-state index contributed by atoms with van der Waals surface area (Å²) >= 11 is 0. The van der Waals surface area contributed by atoms with Crippen molar-refractivity contribution in [2.45, 2.75) is 44.9 Å². The average Bonchev–Trinajstić information content (AvgIpc) is 2.49. The molecule has 0 bridgehead atoms. The number of aromatic nitrogens is 1. The van der Waals surface area contributed by atoms with Gasteiger partial charge >= 0.3 is 0 Å². The second-order valence-corrected chi connectivity index (χ2v) is 5.38. The number of carbonyl (C=O) groups excluding carboxylic acids is 1. The maximum absolute atomic E-state index is 11.9. The Morgan fingerprint density at radius 1 is 1.16 bits per heavy atom. The maximum Gasteiger partial charge on any atom is 0.164 e. The number of unbranched alkanes of at least 4 members (excludes halogenated alkanes) is 2. The molecule has 0 aromatic carbocycles. The van der Waals surface area contributed by atoms with Gasteiger partial charge in [-0.15, -0.1) is 0 Å². The summed E-state index contributed by atoms with van der Waals surface area (Å²) in [5, 5.41) is 0. The molecule has 1 aliphatic rings. The number of nitrogens with zero attached hydrogens (tertiary/aromatic N) is 2. The molecule has 1 saturated heterocycles. The van der Waals surface area contributed by atoms with Gasteiger partial charge in [-0.25, -0.2) is 0 Å². The van der Waals surface area contributed by atoms with E-state index in [1.54, 1.807) is 12.4 Å². The third kappa shape index (κ3) is 5.11. The average molecular weight is 260 g/mol. The van der Waals surface area contributed by atoms with Gasteiger partial charge in [0, 0.05) is 24.4 Å². The monoisotopic (exact) mass is 260 g/mol. The topological polar surface area (TPSA) is 33.2 Å². The lowest BCUT2D eigenvalue weighted by molar-refractivity contribution is 0.0978. The first kappa shape index (κ1) is 14.2. The zero-order valence-electron chi connectivity index (χ0n) is 11.7. The van der Waals surface area contributed by atoms with Gasteiger partial charge in [0.1, 0.15) is 0 Å². The normalized spacial score (nSPS) is 16.4. The number of piperidine rings is 1. The van der Waals surface area contributed by atoms with Gasteiger partial charge in [-0.3, -0.25) is 9.78 Å². The predicted octanol–water partition coefficient (Wildman–Crippen LogP) is 3.31. The third-order valence-electron chi connectivity index (χ3n) is 3.81. The summed E-state index contributed by atoms with van der Waals surface area (Å²) in [5.74, 6) is 0.228. The molecular formula is C16H24N2O. The van der Waals surface area contributed by atoms with Crippen molar-refractivity contribution < 1.29 is 4.79 Å². The Balaban J connectivity index is 1.55. The zero-order valence-corrected chi connectivity index (χ0v) is 11.7. The summed E-state index contributed by atoms with van der Waals surface area (Å²) in [6.07, 6.45) is 11.5. The highest BCUT2D eigenvalue weighted by Gasteiger charge is 2.09. The van der Waals surface area contributed by atoms with E-state index < -0.39 is 0 Å². The largest absolute Gasteiger partial charge is 0.303 e.